The molecule has 0 aliphatic carbocycles. The second-order valence-electron chi connectivity index (χ2n) is 8.91. The van der Waals surface area contributed by atoms with Gasteiger partial charge in [-0.3, -0.25) is 14.7 Å². The number of rotatable bonds is 9. The van der Waals surface area contributed by atoms with Crippen LogP contribution < -0.4 is 15.5 Å². The number of carbonyl (C=O) groups excluding carboxylic acids is 1. The van der Waals surface area contributed by atoms with Crippen molar-refractivity contribution in [1.82, 2.24) is 20.4 Å². The number of likely N-dealkylation sites (tertiary alicyclic amines) is 1. The first kappa shape index (κ1) is 27.7. The molecule has 0 radical (unpaired) electrons. The summed E-state index contributed by atoms with van der Waals surface area (Å²) in [7, 11) is 1.72. The van der Waals surface area contributed by atoms with Crippen molar-refractivity contribution in [3.8, 4) is 0 Å². The van der Waals surface area contributed by atoms with Crippen LogP contribution in [0.2, 0.25) is 0 Å². The molecule has 1 aromatic carbocycles. The van der Waals surface area contributed by atoms with E-state index >= 15 is 0 Å². The molecule has 33 heavy (non-hydrogen) atoms. The van der Waals surface area contributed by atoms with Crippen LogP contribution in [0.5, 0.6) is 0 Å². The van der Waals surface area contributed by atoms with Gasteiger partial charge in [-0.15, -0.1) is 24.0 Å². The van der Waals surface area contributed by atoms with E-state index in [4.69, 9.17) is 4.99 Å². The summed E-state index contributed by atoms with van der Waals surface area (Å²) < 4.78 is 0. The molecule has 2 heterocycles. The van der Waals surface area contributed by atoms with Crippen LogP contribution in [0.25, 0.3) is 0 Å². The highest BCUT2D eigenvalue weighted by Crippen LogP contribution is 2.20. The summed E-state index contributed by atoms with van der Waals surface area (Å²) in [4.78, 5) is 24.0. The van der Waals surface area contributed by atoms with Gasteiger partial charge in [0.05, 0.1) is 0 Å². The number of unbranched alkanes of at least 4 members (excludes halogenated alkanes) is 1. The van der Waals surface area contributed by atoms with Gasteiger partial charge in [0.2, 0.25) is 5.91 Å². The third-order valence-electron chi connectivity index (χ3n) is 6.64. The van der Waals surface area contributed by atoms with Crippen molar-refractivity contribution in [3.05, 3.63) is 30.3 Å². The number of para-hydroxylation sites is 1. The molecule has 2 aliphatic rings. The van der Waals surface area contributed by atoms with Crippen LogP contribution in [-0.2, 0) is 4.79 Å². The molecule has 3 rings (SSSR count). The highest BCUT2D eigenvalue weighted by molar-refractivity contribution is 14.0. The Morgan fingerprint density at radius 2 is 1.73 bits per heavy atom. The van der Waals surface area contributed by atoms with E-state index in [1.807, 2.05) is 0 Å². The minimum absolute atomic E-state index is 0. The van der Waals surface area contributed by atoms with E-state index in [2.05, 4.69) is 62.6 Å². The molecular weight excluding hydrogens is 527 g/mol. The Labute approximate surface area is 217 Å². The zero-order valence-electron chi connectivity index (χ0n) is 20.5. The van der Waals surface area contributed by atoms with Crippen molar-refractivity contribution < 1.29 is 4.79 Å². The fraction of sp³-hybridized carbons (Fsp3) is 0.680. The lowest BCUT2D eigenvalue weighted by Crippen LogP contribution is -2.46. The predicted molar refractivity (Wildman–Crippen MR) is 149 cm³/mol. The van der Waals surface area contributed by atoms with Gasteiger partial charge in [-0.25, -0.2) is 0 Å². The van der Waals surface area contributed by atoms with Gasteiger partial charge < -0.3 is 20.4 Å². The van der Waals surface area contributed by atoms with E-state index in [0.29, 0.717) is 12.3 Å². The number of piperazine rings is 1. The smallest absolute Gasteiger partial charge is 0.220 e. The summed E-state index contributed by atoms with van der Waals surface area (Å²) in [5.74, 6) is 1.70. The van der Waals surface area contributed by atoms with Crippen LogP contribution in [0.1, 0.15) is 39.0 Å². The van der Waals surface area contributed by atoms with Crippen LogP contribution in [0, 0.1) is 5.92 Å². The number of hydrogen-bond donors (Lipinski definition) is 2. The molecule has 0 saturated carbocycles. The number of amides is 1. The molecule has 8 heteroatoms. The number of guanidine groups is 1. The van der Waals surface area contributed by atoms with Crippen molar-refractivity contribution in [2.45, 2.75) is 39.0 Å². The summed E-state index contributed by atoms with van der Waals surface area (Å²) in [6.45, 7) is 11.6. The van der Waals surface area contributed by atoms with Crippen molar-refractivity contribution in [2.24, 2.45) is 10.9 Å². The summed E-state index contributed by atoms with van der Waals surface area (Å²) >= 11 is 0. The molecular formula is C25H43IN6O. The van der Waals surface area contributed by atoms with Gasteiger partial charge in [0.25, 0.3) is 0 Å². The maximum absolute atomic E-state index is 11.6. The van der Waals surface area contributed by atoms with Crippen molar-refractivity contribution in [2.75, 3.05) is 70.9 Å². The molecule has 0 bridgehead atoms. The van der Waals surface area contributed by atoms with Crippen LogP contribution in [-0.4, -0.2) is 87.6 Å². The summed E-state index contributed by atoms with van der Waals surface area (Å²) in [6, 6.07) is 10.7. The number of halogens is 1. The molecule has 0 aromatic heterocycles. The molecule has 2 fully saturated rings. The summed E-state index contributed by atoms with van der Waals surface area (Å²) in [6.07, 6.45) is 5.10. The van der Waals surface area contributed by atoms with E-state index in [9.17, 15) is 4.79 Å². The third-order valence-corrected chi connectivity index (χ3v) is 6.64. The number of aliphatic imine (C=N–C) groups is 1. The maximum atomic E-state index is 11.6. The van der Waals surface area contributed by atoms with Crippen molar-refractivity contribution >= 4 is 41.5 Å². The van der Waals surface area contributed by atoms with Crippen LogP contribution in [0.3, 0.4) is 0 Å². The van der Waals surface area contributed by atoms with E-state index in [0.717, 1.165) is 77.6 Å². The Kier molecular flexibility index (Phi) is 12.9. The van der Waals surface area contributed by atoms with Crippen molar-refractivity contribution in [1.29, 1.82) is 0 Å². The average molecular weight is 571 g/mol. The van der Waals surface area contributed by atoms with Crippen LogP contribution in [0.4, 0.5) is 5.69 Å². The van der Waals surface area contributed by atoms with E-state index in [-0.39, 0.29) is 29.9 Å². The fourth-order valence-electron chi connectivity index (χ4n) is 4.64. The Balaban J connectivity index is 0.00000385. The second-order valence-corrected chi connectivity index (χ2v) is 8.91. The van der Waals surface area contributed by atoms with E-state index < -0.39 is 0 Å². The summed E-state index contributed by atoms with van der Waals surface area (Å²) in [5, 5.41) is 6.21. The highest BCUT2D eigenvalue weighted by atomic mass is 127. The first-order chi connectivity index (χ1) is 15.7. The predicted octanol–water partition coefficient (Wildman–Crippen LogP) is 3.02. The Morgan fingerprint density at radius 1 is 1.03 bits per heavy atom. The van der Waals surface area contributed by atoms with Gasteiger partial charge in [-0.2, -0.15) is 0 Å². The molecule has 1 amide bonds. The van der Waals surface area contributed by atoms with Gasteiger partial charge in [-0.05, 0) is 57.2 Å². The number of benzene rings is 1. The standard InChI is InChI=1S/C25H42N6O.HI/c1-3-27-25(31-15-11-22(12-16-31)21-24(32)26-2)28-13-7-8-14-29-17-19-30(20-18-29)23-9-5-4-6-10-23;/h4-6,9-10,22H,3,7-8,11-21H2,1-2H3,(H,26,32)(H,27,28);1H. The van der Waals surface area contributed by atoms with Crippen molar-refractivity contribution in [3.63, 3.8) is 0 Å². The molecule has 7 nitrogen and oxygen atoms in total. The van der Waals surface area contributed by atoms with Gasteiger partial charge >= 0.3 is 0 Å². The molecule has 0 unspecified atom stereocenters. The minimum Gasteiger partial charge on any atom is -0.369 e. The summed E-state index contributed by atoms with van der Waals surface area (Å²) in [5.41, 5.74) is 1.34. The number of anilines is 1. The monoisotopic (exact) mass is 570 g/mol. The Hall–Kier alpha value is -1.55. The molecule has 0 atom stereocenters. The van der Waals surface area contributed by atoms with Gasteiger partial charge in [0.1, 0.15) is 0 Å². The number of piperidine rings is 1. The number of nitrogens with one attached hydrogen (secondary N) is 2. The Morgan fingerprint density at radius 3 is 2.36 bits per heavy atom. The molecule has 2 saturated heterocycles. The first-order valence-corrected chi connectivity index (χ1v) is 12.5. The number of nitrogens with zero attached hydrogens (tertiary/aromatic N) is 4. The van der Waals surface area contributed by atoms with Gasteiger partial charge in [0, 0.05) is 71.5 Å². The lowest BCUT2D eigenvalue weighted by atomic mass is 9.93. The van der Waals surface area contributed by atoms with E-state index in [1.54, 1.807) is 7.05 Å². The number of hydrogen-bond acceptors (Lipinski definition) is 4. The quantitative estimate of drug-likeness (QED) is 0.207. The topological polar surface area (TPSA) is 63.2 Å². The zero-order valence-corrected chi connectivity index (χ0v) is 22.8. The first-order valence-electron chi connectivity index (χ1n) is 12.5. The highest BCUT2D eigenvalue weighted by Gasteiger charge is 2.23. The SMILES string of the molecule is CCNC(=NCCCCN1CCN(c2ccccc2)CC1)N1CCC(CC(=O)NC)CC1.I. The van der Waals surface area contributed by atoms with E-state index in [1.165, 1.54) is 18.7 Å². The lowest BCUT2D eigenvalue weighted by molar-refractivity contribution is -0.121. The second kappa shape index (κ2) is 15.4. The normalized spacial score (nSPS) is 18.1. The van der Waals surface area contributed by atoms with Crippen LogP contribution in [0.15, 0.2) is 35.3 Å². The molecule has 1 aromatic rings. The third kappa shape index (κ3) is 9.31. The Bertz CT molecular complexity index is 700. The molecule has 2 N–H and O–H groups in total. The van der Waals surface area contributed by atoms with Gasteiger partial charge in [-0.1, -0.05) is 18.2 Å². The lowest BCUT2D eigenvalue weighted by Gasteiger charge is -2.36. The van der Waals surface area contributed by atoms with Crippen LogP contribution >= 0.6 is 24.0 Å². The fourth-order valence-corrected chi connectivity index (χ4v) is 4.64. The minimum atomic E-state index is 0. The largest absolute Gasteiger partial charge is 0.369 e. The van der Waals surface area contributed by atoms with Gasteiger partial charge in [0.15, 0.2) is 5.96 Å². The number of carbonyl (C=O) groups is 1. The average Bonchev–Trinajstić information content (AvgIpc) is 2.84. The molecule has 0 spiro atoms. The zero-order chi connectivity index (χ0) is 22.6. The maximum Gasteiger partial charge on any atom is 0.220 e. The molecule has 186 valence electrons. The molecule has 2 aliphatic heterocycles.